The maximum atomic E-state index is 12.9. The highest BCUT2D eigenvalue weighted by Gasteiger charge is 2.28. The maximum Gasteiger partial charge on any atom is 0.291 e. The van der Waals surface area contributed by atoms with E-state index in [0.717, 1.165) is 12.0 Å². The van der Waals surface area contributed by atoms with E-state index >= 15 is 0 Å². The molecule has 0 spiro atoms. The number of aryl methyl sites for hydroxylation is 1. The summed E-state index contributed by atoms with van der Waals surface area (Å²) in [6, 6.07) is 11.5. The summed E-state index contributed by atoms with van der Waals surface area (Å²) in [6.07, 6.45) is 2.08. The zero-order valence-electron chi connectivity index (χ0n) is 17.0. The molecule has 0 fully saturated rings. The summed E-state index contributed by atoms with van der Waals surface area (Å²) in [4.78, 5) is 25.3. The lowest BCUT2D eigenvalue weighted by molar-refractivity contribution is 0.0953. The van der Waals surface area contributed by atoms with Crippen molar-refractivity contribution < 1.29 is 14.0 Å². The summed E-state index contributed by atoms with van der Waals surface area (Å²) in [5.41, 5.74) is 5.30. The predicted molar refractivity (Wildman–Crippen MR) is 126 cm³/mol. The van der Waals surface area contributed by atoms with E-state index in [1.807, 2.05) is 0 Å². The first-order chi connectivity index (χ1) is 15.3. The molecule has 0 radical (unpaired) electrons. The minimum atomic E-state index is -0.444. The van der Waals surface area contributed by atoms with Gasteiger partial charge in [0.05, 0.1) is 27.0 Å². The zero-order chi connectivity index (χ0) is 22.8. The molecule has 1 heterocycles. The Morgan fingerprint density at radius 2 is 1.78 bits per heavy atom. The summed E-state index contributed by atoms with van der Waals surface area (Å²) in [7, 11) is 0. The molecular weight excluding hydrogens is 473 g/mol. The highest BCUT2D eigenvalue weighted by atomic mass is 35.5. The number of benzene rings is 2. The van der Waals surface area contributed by atoms with E-state index in [0.29, 0.717) is 56.2 Å². The van der Waals surface area contributed by atoms with Gasteiger partial charge in [-0.05, 0) is 50.1 Å². The fraction of sp³-hybridized carbons (Fsp3) is 0.174. The molecule has 32 heavy (non-hydrogen) atoms. The predicted octanol–water partition coefficient (Wildman–Crippen LogP) is 6.27. The number of carbonyl (C=O) groups is 2. The minimum absolute atomic E-state index is 0.165. The highest BCUT2D eigenvalue weighted by molar-refractivity contribution is 6.36. The largest absolute Gasteiger partial charge is 0.455 e. The second-order valence-electron chi connectivity index (χ2n) is 7.27. The Bertz CT molecular complexity index is 1250. The van der Waals surface area contributed by atoms with Crippen LogP contribution in [0.4, 0.5) is 5.69 Å². The number of hydrogen-bond donors (Lipinski definition) is 2. The summed E-state index contributed by atoms with van der Waals surface area (Å²) < 4.78 is 5.88. The van der Waals surface area contributed by atoms with Crippen LogP contribution in [0.3, 0.4) is 0 Å². The first-order valence-corrected chi connectivity index (χ1v) is 11.0. The second-order valence-corrected chi connectivity index (χ2v) is 8.52. The first kappa shape index (κ1) is 22.4. The zero-order valence-corrected chi connectivity index (χ0v) is 19.2. The second kappa shape index (κ2) is 9.36. The number of rotatable bonds is 4. The minimum Gasteiger partial charge on any atom is -0.455 e. The SMILES string of the molecule is Cc1c(C(=O)Nc2cc(Cl)ccc2Cl)oc2c1/C(=N/NC(=O)c1ccccc1Cl)CCC2. The van der Waals surface area contributed by atoms with Crippen molar-refractivity contribution in [3.63, 3.8) is 0 Å². The molecule has 0 saturated carbocycles. The molecule has 0 bridgehead atoms. The standard InChI is InChI=1S/C23H18Cl3N3O3/c1-12-20-17(28-29-22(30)14-5-2-3-6-15(14)25)7-4-8-19(20)32-21(12)23(31)27-18-11-13(24)9-10-16(18)26/h2-3,5-6,9-11H,4,7-8H2,1H3,(H,27,31)(H,29,30)/b28-17+. The number of furan rings is 1. The molecule has 2 N–H and O–H groups in total. The van der Waals surface area contributed by atoms with Gasteiger partial charge in [-0.3, -0.25) is 9.59 Å². The monoisotopic (exact) mass is 489 g/mol. The van der Waals surface area contributed by atoms with Gasteiger partial charge in [-0.1, -0.05) is 46.9 Å². The van der Waals surface area contributed by atoms with E-state index in [1.54, 1.807) is 49.4 Å². The van der Waals surface area contributed by atoms with Gasteiger partial charge in [-0.2, -0.15) is 5.10 Å². The molecule has 6 nitrogen and oxygen atoms in total. The maximum absolute atomic E-state index is 12.9. The van der Waals surface area contributed by atoms with Crippen molar-refractivity contribution in [2.24, 2.45) is 5.10 Å². The lowest BCUT2D eigenvalue weighted by Crippen LogP contribution is -2.22. The topological polar surface area (TPSA) is 83.7 Å². The molecule has 1 aromatic heterocycles. The normalized spacial score (nSPS) is 14.2. The van der Waals surface area contributed by atoms with Gasteiger partial charge in [-0.25, -0.2) is 5.43 Å². The molecule has 1 aliphatic carbocycles. The number of nitrogens with one attached hydrogen (secondary N) is 2. The Kier molecular flexibility index (Phi) is 6.55. The molecule has 0 aliphatic heterocycles. The Labute approximate surface area is 199 Å². The van der Waals surface area contributed by atoms with Crippen LogP contribution in [0.15, 0.2) is 52.0 Å². The molecule has 4 rings (SSSR count). The van der Waals surface area contributed by atoms with Gasteiger partial charge >= 0.3 is 0 Å². The number of halogens is 3. The van der Waals surface area contributed by atoms with Gasteiger partial charge in [0.1, 0.15) is 5.76 Å². The van der Waals surface area contributed by atoms with Crippen molar-refractivity contribution >= 4 is 58.0 Å². The van der Waals surface area contributed by atoms with Crippen LogP contribution in [0.2, 0.25) is 15.1 Å². The van der Waals surface area contributed by atoms with Gasteiger partial charge in [0.25, 0.3) is 11.8 Å². The van der Waals surface area contributed by atoms with Gasteiger partial charge in [0.15, 0.2) is 5.76 Å². The van der Waals surface area contributed by atoms with E-state index < -0.39 is 11.8 Å². The third kappa shape index (κ3) is 4.53. The van der Waals surface area contributed by atoms with Crippen molar-refractivity contribution in [1.29, 1.82) is 0 Å². The van der Waals surface area contributed by atoms with Crippen LogP contribution in [-0.2, 0) is 6.42 Å². The van der Waals surface area contributed by atoms with Gasteiger partial charge < -0.3 is 9.73 Å². The lowest BCUT2D eigenvalue weighted by Gasteiger charge is -2.13. The molecule has 0 saturated heterocycles. The van der Waals surface area contributed by atoms with Gasteiger partial charge in [-0.15, -0.1) is 0 Å². The number of nitrogens with zero attached hydrogens (tertiary/aromatic N) is 1. The van der Waals surface area contributed by atoms with E-state index in [2.05, 4.69) is 15.8 Å². The van der Waals surface area contributed by atoms with E-state index in [1.165, 1.54) is 0 Å². The van der Waals surface area contributed by atoms with Crippen LogP contribution in [0.5, 0.6) is 0 Å². The average Bonchev–Trinajstić information content (AvgIpc) is 3.12. The molecular formula is C23H18Cl3N3O3. The van der Waals surface area contributed by atoms with Crippen molar-refractivity contribution in [1.82, 2.24) is 5.43 Å². The first-order valence-electron chi connectivity index (χ1n) is 9.85. The van der Waals surface area contributed by atoms with Crippen LogP contribution < -0.4 is 10.7 Å². The van der Waals surface area contributed by atoms with Crippen LogP contribution in [-0.4, -0.2) is 17.5 Å². The Hall–Kier alpha value is -2.80. The van der Waals surface area contributed by atoms with Crippen LogP contribution in [0.1, 0.15) is 50.6 Å². The van der Waals surface area contributed by atoms with Gasteiger partial charge in [0, 0.05) is 22.6 Å². The number of anilines is 1. The van der Waals surface area contributed by atoms with E-state index in [4.69, 9.17) is 39.2 Å². The number of fused-ring (bicyclic) bond motifs is 1. The third-order valence-corrected chi connectivity index (χ3v) is 6.01. The fourth-order valence-corrected chi connectivity index (χ4v) is 4.15. The lowest BCUT2D eigenvalue weighted by atomic mass is 9.93. The van der Waals surface area contributed by atoms with E-state index in [-0.39, 0.29) is 5.76 Å². The van der Waals surface area contributed by atoms with Crippen molar-refractivity contribution in [2.45, 2.75) is 26.2 Å². The van der Waals surface area contributed by atoms with Crippen molar-refractivity contribution in [3.05, 3.63) is 85.7 Å². The fourth-order valence-electron chi connectivity index (χ4n) is 3.59. The number of hydrogen-bond acceptors (Lipinski definition) is 4. The molecule has 164 valence electrons. The van der Waals surface area contributed by atoms with Crippen LogP contribution >= 0.6 is 34.8 Å². The molecule has 3 aromatic rings. The Balaban J connectivity index is 1.59. The molecule has 2 amide bonds. The molecule has 2 aromatic carbocycles. The summed E-state index contributed by atoms with van der Waals surface area (Å²) in [5.74, 6) is -0.0367. The van der Waals surface area contributed by atoms with Gasteiger partial charge in [0.2, 0.25) is 0 Å². The molecule has 9 heteroatoms. The third-order valence-electron chi connectivity index (χ3n) is 5.12. The summed E-state index contributed by atoms with van der Waals surface area (Å²) >= 11 is 18.2. The van der Waals surface area contributed by atoms with Crippen LogP contribution in [0, 0.1) is 6.92 Å². The van der Waals surface area contributed by atoms with Crippen molar-refractivity contribution in [2.75, 3.05) is 5.32 Å². The summed E-state index contributed by atoms with van der Waals surface area (Å²) in [6.45, 7) is 1.79. The smallest absolute Gasteiger partial charge is 0.291 e. The van der Waals surface area contributed by atoms with Crippen molar-refractivity contribution in [3.8, 4) is 0 Å². The summed E-state index contributed by atoms with van der Waals surface area (Å²) in [5, 5.41) is 8.20. The molecule has 0 unspecified atom stereocenters. The molecule has 1 aliphatic rings. The highest BCUT2D eigenvalue weighted by Crippen LogP contribution is 2.31. The Morgan fingerprint density at radius 3 is 2.56 bits per heavy atom. The number of amides is 2. The molecule has 0 atom stereocenters. The van der Waals surface area contributed by atoms with E-state index in [9.17, 15) is 9.59 Å². The Morgan fingerprint density at radius 1 is 1.00 bits per heavy atom. The average molecular weight is 491 g/mol. The van der Waals surface area contributed by atoms with Crippen LogP contribution in [0.25, 0.3) is 0 Å². The quantitative estimate of drug-likeness (QED) is 0.423. The number of hydrazone groups is 1. The number of carbonyl (C=O) groups excluding carboxylic acids is 2.